The predicted molar refractivity (Wildman–Crippen MR) is 91.7 cm³/mol. The number of nitrogens with one attached hydrogen (secondary N) is 2. The molecule has 0 radical (unpaired) electrons. The maximum Gasteiger partial charge on any atom is 0.223 e. The van der Waals surface area contributed by atoms with E-state index in [-0.39, 0.29) is 11.8 Å². The fourth-order valence-corrected chi connectivity index (χ4v) is 3.46. The topological polar surface area (TPSA) is 70.2 Å². The van der Waals surface area contributed by atoms with Crippen LogP contribution in [0.2, 0.25) is 0 Å². The highest BCUT2D eigenvalue weighted by Crippen LogP contribution is 2.24. The van der Waals surface area contributed by atoms with Gasteiger partial charge in [-0.1, -0.05) is 12.8 Å². The van der Waals surface area contributed by atoms with Gasteiger partial charge >= 0.3 is 0 Å². The monoisotopic (exact) mass is 317 g/mol. The van der Waals surface area contributed by atoms with E-state index in [1.54, 1.807) is 0 Å². The summed E-state index contributed by atoms with van der Waals surface area (Å²) in [6.07, 6.45) is 6.94. The van der Waals surface area contributed by atoms with Crippen LogP contribution in [0, 0.1) is 12.8 Å². The van der Waals surface area contributed by atoms with Gasteiger partial charge in [-0.05, 0) is 32.6 Å². The third kappa shape index (κ3) is 4.33. The molecule has 2 aliphatic rings. The maximum atomic E-state index is 12.0. The lowest BCUT2D eigenvalue weighted by atomic mass is 10.1. The van der Waals surface area contributed by atoms with E-state index in [1.165, 1.54) is 25.7 Å². The zero-order valence-corrected chi connectivity index (χ0v) is 14.0. The van der Waals surface area contributed by atoms with E-state index < -0.39 is 0 Å². The summed E-state index contributed by atoms with van der Waals surface area (Å²) in [6, 6.07) is 2.01. The van der Waals surface area contributed by atoms with Crippen molar-refractivity contribution in [2.75, 3.05) is 36.4 Å². The quantitative estimate of drug-likeness (QED) is 0.786. The predicted octanol–water partition coefficient (Wildman–Crippen LogP) is 2.10. The molecule has 0 atom stereocenters. The number of rotatable bonds is 6. The Bertz CT molecular complexity index is 536. The summed E-state index contributed by atoms with van der Waals surface area (Å²) in [6.45, 7) is 5.40. The number of aromatic nitrogens is 2. The zero-order valence-electron chi connectivity index (χ0n) is 14.0. The average Bonchev–Trinajstić information content (AvgIpc) is 3.23. The van der Waals surface area contributed by atoms with Crippen molar-refractivity contribution in [3.05, 3.63) is 11.9 Å². The van der Waals surface area contributed by atoms with Crippen molar-refractivity contribution >= 4 is 17.5 Å². The van der Waals surface area contributed by atoms with Gasteiger partial charge in [0.15, 0.2) is 0 Å². The highest BCUT2D eigenvalue weighted by atomic mass is 16.1. The second-order valence-electron chi connectivity index (χ2n) is 6.55. The number of aryl methyl sites for hydroxylation is 1. The van der Waals surface area contributed by atoms with E-state index >= 15 is 0 Å². The molecule has 3 rings (SSSR count). The second-order valence-corrected chi connectivity index (χ2v) is 6.55. The summed E-state index contributed by atoms with van der Waals surface area (Å²) in [4.78, 5) is 23.2. The number of hydrogen-bond donors (Lipinski definition) is 2. The first-order valence-electron chi connectivity index (χ1n) is 8.84. The molecule has 0 aromatic carbocycles. The molecule has 0 spiro atoms. The molecule has 0 unspecified atom stereocenters. The van der Waals surface area contributed by atoms with Gasteiger partial charge in [-0.25, -0.2) is 9.97 Å². The van der Waals surface area contributed by atoms with Gasteiger partial charge in [0.1, 0.15) is 17.5 Å². The normalized spacial score (nSPS) is 18.4. The van der Waals surface area contributed by atoms with Crippen molar-refractivity contribution < 1.29 is 4.79 Å². The van der Waals surface area contributed by atoms with Crippen LogP contribution in [-0.4, -0.2) is 42.1 Å². The van der Waals surface area contributed by atoms with Crippen LogP contribution in [0.15, 0.2) is 6.07 Å². The minimum Gasteiger partial charge on any atom is -0.368 e. The first kappa shape index (κ1) is 16.0. The van der Waals surface area contributed by atoms with Crippen LogP contribution in [0.4, 0.5) is 11.6 Å². The molecule has 6 heteroatoms. The van der Waals surface area contributed by atoms with E-state index in [0.717, 1.165) is 43.4 Å². The Hall–Kier alpha value is -1.85. The van der Waals surface area contributed by atoms with Crippen LogP contribution in [0.25, 0.3) is 0 Å². The number of nitrogens with zero attached hydrogens (tertiary/aromatic N) is 3. The Kier molecular flexibility index (Phi) is 5.31. The van der Waals surface area contributed by atoms with Crippen molar-refractivity contribution in [2.45, 2.75) is 45.4 Å². The maximum absolute atomic E-state index is 12.0. The van der Waals surface area contributed by atoms with Gasteiger partial charge < -0.3 is 15.5 Å². The molecule has 1 amide bonds. The van der Waals surface area contributed by atoms with Gasteiger partial charge in [-0.2, -0.15) is 0 Å². The smallest absolute Gasteiger partial charge is 0.223 e. The fourth-order valence-electron chi connectivity index (χ4n) is 3.46. The molecule has 1 aromatic rings. The molecule has 23 heavy (non-hydrogen) atoms. The first-order valence-corrected chi connectivity index (χ1v) is 8.84. The Balaban J connectivity index is 1.46. The van der Waals surface area contributed by atoms with Gasteiger partial charge in [0, 0.05) is 38.2 Å². The second kappa shape index (κ2) is 7.62. The highest BCUT2D eigenvalue weighted by Gasteiger charge is 2.22. The van der Waals surface area contributed by atoms with Gasteiger partial charge in [0.05, 0.1) is 0 Å². The van der Waals surface area contributed by atoms with Crippen molar-refractivity contribution in [1.29, 1.82) is 0 Å². The van der Waals surface area contributed by atoms with Crippen LogP contribution >= 0.6 is 0 Å². The van der Waals surface area contributed by atoms with Crippen LogP contribution < -0.4 is 15.5 Å². The Labute approximate surface area is 138 Å². The molecule has 1 aliphatic carbocycles. The highest BCUT2D eigenvalue weighted by molar-refractivity contribution is 5.78. The van der Waals surface area contributed by atoms with E-state index in [4.69, 9.17) is 0 Å². The summed E-state index contributed by atoms with van der Waals surface area (Å²) < 4.78 is 0. The van der Waals surface area contributed by atoms with Gasteiger partial charge in [0.25, 0.3) is 0 Å². The Morgan fingerprint density at radius 3 is 2.65 bits per heavy atom. The molecule has 1 saturated carbocycles. The van der Waals surface area contributed by atoms with Gasteiger partial charge in [-0.3, -0.25) is 4.79 Å². The molecule has 2 fully saturated rings. The molecule has 0 bridgehead atoms. The number of anilines is 2. The summed E-state index contributed by atoms with van der Waals surface area (Å²) >= 11 is 0. The van der Waals surface area contributed by atoms with Crippen molar-refractivity contribution in [3.63, 3.8) is 0 Å². The van der Waals surface area contributed by atoms with Crippen molar-refractivity contribution in [1.82, 2.24) is 15.3 Å². The van der Waals surface area contributed by atoms with Gasteiger partial charge in [-0.15, -0.1) is 0 Å². The van der Waals surface area contributed by atoms with Crippen molar-refractivity contribution in [2.24, 2.45) is 5.92 Å². The average molecular weight is 317 g/mol. The standard InChI is InChI=1S/C17H27N5O/c1-13-20-15(12-16(21-13)22-10-4-5-11-22)18-8-9-19-17(23)14-6-2-3-7-14/h12,14H,2-11H2,1H3,(H,19,23)(H,18,20,21). The molecule has 126 valence electrons. The number of hydrogen-bond acceptors (Lipinski definition) is 5. The largest absolute Gasteiger partial charge is 0.368 e. The molecule has 1 saturated heterocycles. The molecule has 1 aromatic heterocycles. The molecule has 2 heterocycles. The Morgan fingerprint density at radius 2 is 1.91 bits per heavy atom. The summed E-state index contributed by atoms with van der Waals surface area (Å²) in [7, 11) is 0. The molecule has 6 nitrogen and oxygen atoms in total. The lowest BCUT2D eigenvalue weighted by Gasteiger charge is -2.18. The summed E-state index contributed by atoms with van der Waals surface area (Å²) in [5.41, 5.74) is 0. The lowest BCUT2D eigenvalue weighted by Crippen LogP contribution is -2.33. The third-order valence-electron chi connectivity index (χ3n) is 4.71. The number of carbonyl (C=O) groups is 1. The lowest BCUT2D eigenvalue weighted by molar-refractivity contribution is -0.124. The summed E-state index contributed by atoms with van der Waals surface area (Å²) in [5, 5.41) is 6.33. The van der Waals surface area contributed by atoms with E-state index in [0.29, 0.717) is 13.1 Å². The van der Waals surface area contributed by atoms with E-state index in [1.807, 2.05) is 13.0 Å². The van der Waals surface area contributed by atoms with Crippen molar-refractivity contribution in [3.8, 4) is 0 Å². The zero-order chi connectivity index (χ0) is 16.1. The SMILES string of the molecule is Cc1nc(NCCNC(=O)C2CCCC2)cc(N2CCCC2)n1. The van der Waals surface area contributed by atoms with E-state index in [9.17, 15) is 4.79 Å². The van der Waals surface area contributed by atoms with Crippen LogP contribution in [0.5, 0.6) is 0 Å². The third-order valence-corrected chi connectivity index (χ3v) is 4.71. The molecule has 1 aliphatic heterocycles. The molecular weight excluding hydrogens is 290 g/mol. The van der Waals surface area contributed by atoms with Gasteiger partial charge in [0.2, 0.25) is 5.91 Å². The minimum atomic E-state index is 0.209. The molecular formula is C17H27N5O. The summed E-state index contributed by atoms with van der Waals surface area (Å²) in [5.74, 6) is 3.08. The van der Waals surface area contributed by atoms with E-state index in [2.05, 4.69) is 25.5 Å². The Morgan fingerprint density at radius 1 is 1.17 bits per heavy atom. The van der Waals surface area contributed by atoms with Crippen LogP contribution in [0.3, 0.4) is 0 Å². The van der Waals surface area contributed by atoms with Crippen LogP contribution in [-0.2, 0) is 4.79 Å². The number of carbonyl (C=O) groups excluding carboxylic acids is 1. The number of amides is 1. The van der Waals surface area contributed by atoms with Crippen LogP contribution in [0.1, 0.15) is 44.3 Å². The molecule has 2 N–H and O–H groups in total. The fraction of sp³-hybridized carbons (Fsp3) is 0.706. The minimum absolute atomic E-state index is 0.209. The first-order chi connectivity index (χ1) is 11.2.